The average molecular weight is 474 g/mol. The van der Waals surface area contributed by atoms with E-state index in [9.17, 15) is 14.4 Å². The van der Waals surface area contributed by atoms with E-state index in [0.717, 1.165) is 30.4 Å². The van der Waals surface area contributed by atoms with Crippen LogP contribution in [0.25, 0.3) is 11.2 Å². The van der Waals surface area contributed by atoms with Crippen LogP contribution in [0.15, 0.2) is 64.2 Å². The van der Waals surface area contributed by atoms with Crippen molar-refractivity contribution in [3.63, 3.8) is 0 Å². The molecule has 0 aliphatic rings. The normalized spacial score (nSPS) is 11.1. The van der Waals surface area contributed by atoms with Gasteiger partial charge in [-0.15, -0.1) is 0 Å². The minimum absolute atomic E-state index is 0.153. The minimum Gasteiger partial charge on any atom is -0.336 e. The van der Waals surface area contributed by atoms with E-state index < -0.39 is 0 Å². The van der Waals surface area contributed by atoms with Crippen LogP contribution in [-0.4, -0.2) is 25.0 Å². The molecule has 2 aromatic carbocycles. The molecule has 0 unspecified atom stereocenters. The SMILES string of the molecule is CCCCCn1c(=O)c2[nH]c(Cc3ccccc3)nc2n(CCc2ccccc2NC(C)=O)c1=O. The summed E-state index contributed by atoms with van der Waals surface area (Å²) in [4.78, 5) is 46.2. The Hall–Kier alpha value is -3.94. The highest BCUT2D eigenvalue weighted by molar-refractivity contribution is 5.89. The number of rotatable bonds is 10. The van der Waals surface area contributed by atoms with Crippen molar-refractivity contribution in [1.82, 2.24) is 19.1 Å². The fraction of sp³-hybridized carbons (Fsp3) is 0.333. The molecule has 0 spiro atoms. The minimum atomic E-state index is -0.353. The second-order valence-electron chi connectivity index (χ2n) is 8.73. The lowest BCUT2D eigenvalue weighted by molar-refractivity contribution is -0.114. The number of hydrogen-bond donors (Lipinski definition) is 2. The summed E-state index contributed by atoms with van der Waals surface area (Å²) in [6.45, 7) is 4.25. The second-order valence-corrected chi connectivity index (χ2v) is 8.73. The number of para-hydroxylation sites is 1. The first kappa shape index (κ1) is 24.2. The summed E-state index contributed by atoms with van der Waals surface area (Å²) in [6.07, 6.45) is 3.73. The molecule has 182 valence electrons. The van der Waals surface area contributed by atoms with Crippen LogP contribution >= 0.6 is 0 Å². The third-order valence-corrected chi connectivity index (χ3v) is 6.04. The highest BCUT2D eigenvalue weighted by Crippen LogP contribution is 2.17. The number of aromatic amines is 1. The Morgan fingerprint density at radius 3 is 2.46 bits per heavy atom. The topological polar surface area (TPSA) is 102 Å². The van der Waals surface area contributed by atoms with Gasteiger partial charge < -0.3 is 10.3 Å². The van der Waals surface area contributed by atoms with E-state index in [0.29, 0.717) is 48.6 Å². The van der Waals surface area contributed by atoms with Gasteiger partial charge in [-0.3, -0.25) is 18.7 Å². The van der Waals surface area contributed by atoms with E-state index >= 15 is 0 Å². The molecule has 8 nitrogen and oxygen atoms in total. The monoisotopic (exact) mass is 473 g/mol. The van der Waals surface area contributed by atoms with Gasteiger partial charge >= 0.3 is 5.69 Å². The Kier molecular flexibility index (Phi) is 7.60. The van der Waals surface area contributed by atoms with Crippen molar-refractivity contribution in [3.05, 3.63) is 92.4 Å². The summed E-state index contributed by atoms with van der Waals surface area (Å²) < 4.78 is 2.90. The number of amides is 1. The lowest BCUT2D eigenvalue weighted by atomic mass is 10.1. The Bertz CT molecular complexity index is 1430. The number of unbranched alkanes of at least 4 members (excludes halogenated alkanes) is 2. The van der Waals surface area contributed by atoms with Crippen LogP contribution in [0.5, 0.6) is 0 Å². The fourth-order valence-corrected chi connectivity index (χ4v) is 4.29. The van der Waals surface area contributed by atoms with Crippen LogP contribution in [0, 0.1) is 0 Å². The van der Waals surface area contributed by atoms with Crippen LogP contribution in [0.1, 0.15) is 50.1 Å². The lowest BCUT2D eigenvalue weighted by Crippen LogP contribution is -2.40. The molecule has 0 aliphatic heterocycles. The van der Waals surface area contributed by atoms with Crippen molar-refractivity contribution in [2.45, 2.75) is 59.0 Å². The van der Waals surface area contributed by atoms with Gasteiger partial charge in [0.1, 0.15) is 11.3 Å². The third-order valence-electron chi connectivity index (χ3n) is 6.04. The number of carbonyl (C=O) groups excluding carboxylic acids is 1. The highest BCUT2D eigenvalue weighted by atomic mass is 16.2. The molecule has 2 N–H and O–H groups in total. The van der Waals surface area contributed by atoms with Crippen molar-refractivity contribution >= 4 is 22.8 Å². The number of aromatic nitrogens is 4. The molecular formula is C27H31N5O3. The molecule has 8 heteroatoms. The Morgan fingerprint density at radius 2 is 1.71 bits per heavy atom. The maximum Gasteiger partial charge on any atom is 0.332 e. The Morgan fingerprint density at radius 1 is 0.971 bits per heavy atom. The van der Waals surface area contributed by atoms with Crippen molar-refractivity contribution in [1.29, 1.82) is 0 Å². The smallest absolute Gasteiger partial charge is 0.332 e. The van der Waals surface area contributed by atoms with Crippen molar-refractivity contribution in [2.24, 2.45) is 0 Å². The number of nitrogens with one attached hydrogen (secondary N) is 2. The summed E-state index contributed by atoms with van der Waals surface area (Å²) in [5, 5.41) is 2.84. The van der Waals surface area contributed by atoms with E-state index in [2.05, 4.69) is 22.2 Å². The van der Waals surface area contributed by atoms with E-state index in [1.807, 2.05) is 54.6 Å². The number of imidazole rings is 1. The van der Waals surface area contributed by atoms with Gasteiger partial charge in [-0.1, -0.05) is 68.3 Å². The molecule has 0 saturated carbocycles. The van der Waals surface area contributed by atoms with E-state index in [4.69, 9.17) is 0 Å². The van der Waals surface area contributed by atoms with Gasteiger partial charge in [0, 0.05) is 32.1 Å². The largest absolute Gasteiger partial charge is 0.336 e. The highest BCUT2D eigenvalue weighted by Gasteiger charge is 2.18. The van der Waals surface area contributed by atoms with Crippen molar-refractivity contribution in [3.8, 4) is 0 Å². The van der Waals surface area contributed by atoms with Gasteiger partial charge in [0.25, 0.3) is 5.56 Å². The molecule has 0 radical (unpaired) electrons. The number of benzene rings is 2. The molecule has 1 amide bonds. The Labute approximate surface area is 203 Å². The lowest BCUT2D eigenvalue weighted by Gasteiger charge is -2.13. The molecule has 0 saturated heterocycles. The van der Waals surface area contributed by atoms with E-state index in [-0.39, 0.29) is 17.2 Å². The summed E-state index contributed by atoms with van der Waals surface area (Å²) in [7, 11) is 0. The van der Waals surface area contributed by atoms with Crippen molar-refractivity contribution < 1.29 is 4.79 Å². The molecular weight excluding hydrogens is 442 g/mol. The predicted molar refractivity (Wildman–Crippen MR) is 138 cm³/mol. The summed E-state index contributed by atoms with van der Waals surface area (Å²) in [5.41, 5.74) is 2.72. The first-order valence-corrected chi connectivity index (χ1v) is 12.1. The number of aryl methyl sites for hydroxylation is 2. The number of H-pyrrole nitrogens is 1. The molecule has 2 heterocycles. The van der Waals surface area contributed by atoms with E-state index in [1.54, 1.807) is 4.57 Å². The molecule has 0 fully saturated rings. The molecule has 4 aromatic rings. The fourth-order valence-electron chi connectivity index (χ4n) is 4.29. The van der Waals surface area contributed by atoms with Gasteiger partial charge in [-0.05, 0) is 30.0 Å². The van der Waals surface area contributed by atoms with Gasteiger partial charge in [0.2, 0.25) is 5.91 Å². The van der Waals surface area contributed by atoms with Crippen LogP contribution in [0.4, 0.5) is 5.69 Å². The maximum absolute atomic E-state index is 13.5. The quantitative estimate of drug-likeness (QED) is 0.341. The Balaban J connectivity index is 1.74. The van der Waals surface area contributed by atoms with E-state index in [1.165, 1.54) is 11.5 Å². The zero-order valence-corrected chi connectivity index (χ0v) is 20.2. The number of hydrogen-bond acceptors (Lipinski definition) is 4. The maximum atomic E-state index is 13.5. The second kappa shape index (κ2) is 11.0. The first-order valence-electron chi connectivity index (χ1n) is 12.1. The average Bonchev–Trinajstić information content (AvgIpc) is 3.26. The molecule has 0 aliphatic carbocycles. The van der Waals surface area contributed by atoms with Gasteiger partial charge in [0.05, 0.1) is 0 Å². The van der Waals surface area contributed by atoms with Crippen LogP contribution in [0.3, 0.4) is 0 Å². The standard InChI is InChI=1S/C27H31N5O3/c1-3-4-10-16-32-26(34)24-25(30-23(29-24)18-20-11-6-5-7-12-20)31(27(32)35)17-15-21-13-8-9-14-22(21)28-19(2)33/h5-9,11-14H,3-4,10,15-18H2,1-2H3,(H,28,33)(H,29,30). The van der Waals surface area contributed by atoms with Gasteiger partial charge in [0.15, 0.2) is 5.65 Å². The number of anilines is 1. The number of nitrogens with zero attached hydrogens (tertiary/aromatic N) is 3. The molecule has 0 atom stereocenters. The van der Waals surface area contributed by atoms with Crippen molar-refractivity contribution in [2.75, 3.05) is 5.32 Å². The van der Waals surface area contributed by atoms with Crippen LogP contribution in [0.2, 0.25) is 0 Å². The van der Waals surface area contributed by atoms with Crippen LogP contribution < -0.4 is 16.6 Å². The van der Waals surface area contributed by atoms with Crippen LogP contribution in [-0.2, 0) is 30.7 Å². The number of fused-ring (bicyclic) bond motifs is 1. The first-order chi connectivity index (χ1) is 17.0. The molecule has 35 heavy (non-hydrogen) atoms. The number of carbonyl (C=O) groups is 1. The zero-order valence-electron chi connectivity index (χ0n) is 20.2. The predicted octanol–water partition coefficient (Wildman–Crippen LogP) is 3.87. The third kappa shape index (κ3) is 5.59. The molecule has 2 aromatic heterocycles. The van der Waals surface area contributed by atoms with Gasteiger partial charge in [-0.25, -0.2) is 9.78 Å². The molecule has 0 bridgehead atoms. The summed E-state index contributed by atoms with van der Waals surface area (Å²) in [5.74, 6) is 0.487. The molecule has 4 rings (SSSR count). The zero-order chi connectivity index (χ0) is 24.8. The summed E-state index contributed by atoms with van der Waals surface area (Å²) in [6, 6.07) is 17.4. The van der Waals surface area contributed by atoms with Gasteiger partial charge in [-0.2, -0.15) is 0 Å². The summed E-state index contributed by atoms with van der Waals surface area (Å²) >= 11 is 0.